The summed E-state index contributed by atoms with van der Waals surface area (Å²) >= 11 is 0. The zero-order valence-electron chi connectivity index (χ0n) is 15.1. The second-order valence-corrected chi connectivity index (χ2v) is 5.48. The summed E-state index contributed by atoms with van der Waals surface area (Å²) in [7, 11) is 3.09. The van der Waals surface area contributed by atoms with E-state index in [4.69, 9.17) is 0 Å². The Bertz CT molecular complexity index is 722. The Morgan fingerprint density at radius 2 is 1.44 bits per heavy atom. The Morgan fingerprint density at radius 3 is 1.89 bits per heavy atom. The third-order valence-corrected chi connectivity index (χ3v) is 3.88. The second kappa shape index (κ2) is 9.60. The van der Waals surface area contributed by atoms with E-state index in [-0.39, 0.29) is 0 Å². The fourth-order valence-corrected chi connectivity index (χ4v) is 2.40. The van der Waals surface area contributed by atoms with Crippen LogP contribution >= 0.6 is 0 Å². The molecule has 10 heteroatoms. The summed E-state index contributed by atoms with van der Waals surface area (Å²) in [6.07, 6.45) is 0. The number of halogens is 2. The van der Waals surface area contributed by atoms with Gasteiger partial charge < -0.3 is 19.5 Å². The lowest BCUT2D eigenvalue weighted by molar-refractivity contribution is -0.163. The maximum atomic E-state index is 13.8. The summed E-state index contributed by atoms with van der Waals surface area (Å²) in [6.45, 7) is 1.31. The number of hydrogen-bond acceptors (Lipinski definition) is 7. The predicted molar refractivity (Wildman–Crippen MR) is 86.3 cm³/mol. The van der Waals surface area contributed by atoms with Gasteiger partial charge in [0.15, 0.2) is 5.92 Å². The summed E-state index contributed by atoms with van der Waals surface area (Å²) < 4.78 is 40.4. The first-order chi connectivity index (χ1) is 12.7. The van der Waals surface area contributed by atoms with Gasteiger partial charge in [0.1, 0.15) is 17.7 Å². The molecule has 1 aromatic carbocycles. The van der Waals surface area contributed by atoms with Crippen molar-refractivity contribution >= 4 is 23.8 Å². The monoisotopic (exact) mass is 387 g/mol. The van der Waals surface area contributed by atoms with E-state index >= 15 is 0 Å². The first-order valence-electron chi connectivity index (χ1n) is 7.67. The summed E-state index contributed by atoms with van der Waals surface area (Å²) in [5.74, 6) is -8.80. The molecule has 1 rings (SSSR count). The van der Waals surface area contributed by atoms with Crippen LogP contribution < -0.4 is 5.32 Å². The van der Waals surface area contributed by atoms with Crippen molar-refractivity contribution in [2.75, 3.05) is 21.3 Å². The third kappa shape index (κ3) is 5.22. The second-order valence-electron chi connectivity index (χ2n) is 5.48. The SMILES string of the molecule is COC(=O)C(C(=O)OC)[C@H](C)[C@H](NC(=O)c1ccc(F)cc1F)C(=O)OC. The maximum absolute atomic E-state index is 13.8. The lowest BCUT2D eigenvalue weighted by atomic mass is 9.87. The highest BCUT2D eigenvalue weighted by atomic mass is 19.1. The van der Waals surface area contributed by atoms with Crippen LogP contribution in [-0.4, -0.2) is 51.2 Å². The first-order valence-corrected chi connectivity index (χ1v) is 7.67. The first kappa shape index (κ1) is 22.0. The van der Waals surface area contributed by atoms with Gasteiger partial charge in [0.05, 0.1) is 26.9 Å². The Morgan fingerprint density at radius 1 is 0.926 bits per heavy atom. The van der Waals surface area contributed by atoms with E-state index in [0.717, 1.165) is 33.5 Å². The van der Waals surface area contributed by atoms with Crippen LogP contribution in [0.5, 0.6) is 0 Å². The Kier molecular flexibility index (Phi) is 7.82. The highest BCUT2D eigenvalue weighted by molar-refractivity contribution is 5.99. The number of esters is 3. The smallest absolute Gasteiger partial charge is 0.328 e. The number of methoxy groups -OCH3 is 3. The van der Waals surface area contributed by atoms with Gasteiger partial charge in [-0.3, -0.25) is 14.4 Å². The number of carbonyl (C=O) groups excluding carboxylic acids is 4. The van der Waals surface area contributed by atoms with Gasteiger partial charge in [-0.25, -0.2) is 13.6 Å². The standard InChI is InChI=1S/C17H19F2NO7/c1-8(12(15(22)25-2)16(23)26-3)13(17(24)27-4)20-14(21)10-6-5-9(18)7-11(10)19/h5-8,12-13H,1-4H3,(H,20,21)/t8-,13-/m0/s1. The van der Waals surface area contributed by atoms with Crippen LogP contribution in [0.1, 0.15) is 17.3 Å². The molecule has 0 radical (unpaired) electrons. The molecule has 0 aliphatic heterocycles. The zero-order chi connectivity index (χ0) is 20.7. The molecule has 0 aliphatic rings. The fraction of sp³-hybridized carbons (Fsp3) is 0.412. The molecule has 2 atom stereocenters. The molecule has 27 heavy (non-hydrogen) atoms. The Hall–Kier alpha value is -3.04. The highest BCUT2D eigenvalue weighted by Gasteiger charge is 2.42. The minimum Gasteiger partial charge on any atom is -0.468 e. The molecule has 0 saturated heterocycles. The number of carbonyl (C=O) groups is 4. The molecule has 0 fully saturated rings. The number of ether oxygens (including phenoxy) is 3. The maximum Gasteiger partial charge on any atom is 0.328 e. The van der Waals surface area contributed by atoms with Crippen molar-refractivity contribution in [3.63, 3.8) is 0 Å². The third-order valence-electron chi connectivity index (χ3n) is 3.88. The van der Waals surface area contributed by atoms with Crippen molar-refractivity contribution < 1.29 is 42.2 Å². The molecule has 0 aromatic heterocycles. The summed E-state index contributed by atoms with van der Waals surface area (Å²) in [4.78, 5) is 48.2. The van der Waals surface area contributed by atoms with Crippen molar-refractivity contribution in [3.8, 4) is 0 Å². The molecule has 1 N–H and O–H groups in total. The topological polar surface area (TPSA) is 108 Å². The van der Waals surface area contributed by atoms with Crippen LogP contribution in [0.4, 0.5) is 8.78 Å². The minimum atomic E-state index is -1.55. The van der Waals surface area contributed by atoms with Gasteiger partial charge in [-0.1, -0.05) is 6.92 Å². The molecule has 0 bridgehead atoms. The van der Waals surface area contributed by atoms with Crippen molar-refractivity contribution in [1.82, 2.24) is 5.32 Å². The van der Waals surface area contributed by atoms with Crippen LogP contribution in [0.2, 0.25) is 0 Å². The molecule has 0 unspecified atom stereocenters. The average molecular weight is 387 g/mol. The summed E-state index contributed by atoms with van der Waals surface area (Å²) in [5.41, 5.74) is -0.537. The molecule has 148 valence electrons. The van der Waals surface area contributed by atoms with Crippen LogP contribution in [0.25, 0.3) is 0 Å². The van der Waals surface area contributed by atoms with Crippen LogP contribution in [0.15, 0.2) is 18.2 Å². The molecular formula is C17H19F2NO7. The van der Waals surface area contributed by atoms with Gasteiger partial charge in [-0.2, -0.15) is 0 Å². The van der Waals surface area contributed by atoms with Crippen LogP contribution in [0.3, 0.4) is 0 Å². The van der Waals surface area contributed by atoms with Gasteiger partial charge in [0.25, 0.3) is 5.91 Å². The van der Waals surface area contributed by atoms with E-state index < -0.39 is 58.9 Å². The largest absolute Gasteiger partial charge is 0.468 e. The van der Waals surface area contributed by atoms with Crippen LogP contribution in [-0.2, 0) is 28.6 Å². The van der Waals surface area contributed by atoms with Gasteiger partial charge >= 0.3 is 17.9 Å². The normalized spacial score (nSPS) is 12.7. The van der Waals surface area contributed by atoms with Gasteiger partial charge in [0, 0.05) is 12.0 Å². The van der Waals surface area contributed by atoms with E-state index in [1.54, 1.807) is 0 Å². The van der Waals surface area contributed by atoms with Gasteiger partial charge in [-0.05, 0) is 12.1 Å². The lowest BCUT2D eigenvalue weighted by Gasteiger charge is -2.27. The molecular weight excluding hydrogens is 368 g/mol. The van der Waals surface area contributed by atoms with E-state index in [1.165, 1.54) is 6.92 Å². The Labute approximate surface area is 153 Å². The summed E-state index contributed by atoms with van der Waals surface area (Å²) in [5, 5.41) is 2.19. The Balaban J connectivity index is 3.20. The van der Waals surface area contributed by atoms with Crippen molar-refractivity contribution in [3.05, 3.63) is 35.4 Å². The molecule has 8 nitrogen and oxygen atoms in total. The van der Waals surface area contributed by atoms with Crippen molar-refractivity contribution in [2.24, 2.45) is 11.8 Å². The number of amides is 1. The quantitative estimate of drug-likeness (QED) is 0.419. The minimum absolute atomic E-state index is 0.497. The van der Waals surface area contributed by atoms with Crippen molar-refractivity contribution in [2.45, 2.75) is 13.0 Å². The van der Waals surface area contributed by atoms with Crippen LogP contribution in [0, 0.1) is 23.5 Å². The lowest BCUT2D eigenvalue weighted by Crippen LogP contribution is -2.51. The molecule has 1 amide bonds. The van der Waals surface area contributed by atoms with E-state index in [0.29, 0.717) is 6.07 Å². The van der Waals surface area contributed by atoms with Gasteiger partial charge in [-0.15, -0.1) is 0 Å². The molecule has 1 aromatic rings. The summed E-state index contributed by atoms with van der Waals surface area (Å²) in [6, 6.07) is 0.726. The molecule has 0 saturated carbocycles. The predicted octanol–water partition coefficient (Wildman–Crippen LogP) is 0.834. The average Bonchev–Trinajstić information content (AvgIpc) is 2.64. The van der Waals surface area contributed by atoms with Gasteiger partial charge in [0.2, 0.25) is 0 Å². The molecule has 0 heterocycles. The highest BCUT2D eigenvalue weighted by Crippen LogP contribution is 2.21. The zero-order valence-corrected chi connectivity index (χ0v) is 15.1. The number of benzene rings is 1. The van der Waals surface area contributed by atoms with Crippen molar-refractivity contribution in [1.29, 1.82) is 0 Å². The molecule has 0 spiro atoms. The van der Waals surface area contributed by atoms with E-state index in [9.17, 15) is 28.0 Å². The fourth-order valence-electron chi connectivity index (χ4n) is 2.40. The molecule has 0 aliphatic carbocycles. The number of nitrogens with one attached hydrogen (secondary N) is 1. The van der Waals surface area contributed by atoms with E-state index in [1.807, 2.05) is 0 Å². The number of hydrogen-bond donors (Lipinski definition) is 1. The number of rotatable bonds is 7. The van der Waals surface area contributed by atoms with E-state index in [2.05, 4.69) is 19.5 Å².